The maximum Gasteiger partial charge on any atom is 0.246 e. The van der Waals surface area contributed by atoms with Crippen LogP contribution in [0.15, 0.2) is 45.3 Å². The van der Waals surface area contributed by atoms with Crippen LogP contribution in [-0.4, -0.2) is 30.8 Å². The molecule has 3 rings (SSSR count). The van der Waals surface area contributed by atoms with Crippen LogP contribution >= 0.6 is 15.9 Å². The summed E-state index contributed by atoms with van der Waals surface area (Å²) in [6.07, 6.45) is 3.00. The van der Waals surface area contributed by atoms with Crippen molar-refractivity contribution in [3.8, 4) is 0 Å². The zero-order chi connectivity index (χ0) is 18.9. The molecule has 138 valence electrons. The molecule has 1 aromatic heterocycles. The van der Waals surface area contributed by atoms with Gasteiger partial charge in [0.05, 0.1) is 10.2 Å². The van der Waals surface area contributed by atoms with Crippen molar-refractivity contribution in [1.82, 2.24) is 9.29 Å². The maximum absolute atomic E-state index is 14.1. The van der Waals surface area contributed by atoms with E-state index < -0.39 is 26.6 Å². The van der Waals surface area contributed by atoms with Gasteiger partial charge in [0.1, 0.15) is 16.5 Å². The minimum Gasteiger partial charge on any atom is -0.254 e. The fourth-order valence-corrected chi connectivity index (χ4v) is 4.67. The molecular weight excluding hydrogens is 426 g/mol. The van der Waals surface area contributed by atoms with E-state index in [1.165, 1.54) is 4.31 Å². The Labute approximate surface area is 159 Å². The molecule has 1 saturated heterocycles. The predicted molar refractivity (Wildman–Crippen MR) is 99.0 cm³/mol. The first-order chi connectivity index (χ1) is 12.3. The van der Waals surface area contributed by atoms with E-state index in [-0.39, 0.29) is 17.6 Å². The molecule has 0 radical (unpaired) electrons. The Morgan fingerprint density at radius 2 is 1.85 bits per heavy atom. The highest BCUT2D eigenvalue weighted by Crippen LogP contribution is 2.28. The topological polar surface area (TPSA) is 50.3 Å². The van der Waals surface area contributed by atoms with E-state index in [1.54, 1.807) is 0 Å². The fraction of sp³-hybridized carbons (Fsp3) is 0.278. The summed E-state index contributed by atoms with van der Waals surface area (Å²) in [7, 11) is -4.08. The van der Waals surface area contributed by atoms with Gasteiger partial charge >= 0.3 is 0 Å². The SMILES string of the molecule is Cc1cccc(C=C2CCN(S(=O)(=O)c3cc(F)c(Br)cc3F)CC2)n1. The number of nitrogens with zero attached hydrogens (tertiary/aromatic N) is 2. The molecule has 0 atom stereocenters. The molecule has 4 nitrogen and oxygen atoms in total. The van der Waals surface area contributed by atoms with Crippen molar-refractivity contribution in [1.29, 1.82) is 0 Å². The van der Waals surface area contributed by atoms with Crippen molar-refractivity contribution in [2.24, 2.45) is 0 Å². The second kappa shape index (κ2) is 7.54. The molecular formula is C18H17BrF2N2O2S. The van der Waals surface area contributed by atoms with Gasteiger partial charge in [-0.2, -0.15) is 4.31 Å². The number of aromatic nitrogens is 1. The summed E-state index contributed by atoms with van der Waals surface area (Å²) in [4.78, 5) is 3.77. The highest BCUT2D eigenvalue weighted by molar-refractivity contribution is 9.10. The number of aryl methyl sites for hydroxylation is 1. The molecule has 0 saturated carbocycles. The van der Waals surface area contributed by atoms with Crippen molar-refractivity contribution in [2.45, 2.75) is 24.7 Å². The Hall–Kier alpha value is -1.64. The summed E-state index contributed by atoms with van der Waals surface area (Å²) in [6.45, 7) is 2.34. The van der Waals surface area contributed by atoms with Crippen LogP contribution in [0.3, 0.4) is 0 Å². The van der Waals surface area contributed by atoms with E-state index in [1.807, 2.05) is 31.2 Å². The summed E-state index contributed by atoms with van der Waals surface area (Å²) >= 11 is 2.85. The Morgan fingerprint density at radius 1 is 1.15 bits per heavy atom. The summed E-state index contributed by atoms with van der Waals surface area (Å²) in [6, 6.07) is 7.27. The largest absolute Gasteiger partial charge is 0.254 e. The zero-order valence-electron chi connectivity index (χ0n) is 14.0. The number of piperidine rings is 1. The lowest BCUT2D eigenvalue weighted by Crippen LogP contribution is -2.36. The van der Waals surface area contributed by atoms with Crippen LogP contribution in [0.4, 0.5) is 8.78 Å². The van der Waals surface area contributed by atoms with Gasteiger partial charge in [-0.1, -0.05) is 11.6 Å². The monoisotopic (exact) mass is 442 g/mol. The third-order valence-corrected chi connectivity index (χ3v) is 6.74. The number of halogens is 3. The Bertz CT molecular complexity index is 967. The number of hydrogen-bond donors (Lipinski definition) is 0. The predicted octanol–water partition coefficient (Wildman–Crippen LogP) is 4.30. The minimum atomic E-state index is -4.08. The van der Waals surface area contributed by atoms with Gasteiger partial charge in [-0.3, -0.25) is 4.98 Å². The van der Waals surface area contributed by atoms with E-state index in [2.05, 4.69) is 20.9 Å². The fourth-order valence-electron chi connectivity index (χ4n) is 2.85. The van der Waals surface area contributed by atoms with Crippen LogP contribution in [0.2, 0.25) is 0 Å². The van der Waals surface area contributed by atoms with Gasteiger partial charge < -0.3 is 0 Å². The molecule has 1 aliphatic rings. The van der Waals surface area contributed by atoms with Gasteiger partial charge in [0.25, 0.3) is 0 Å². The van der Waals surface area contributed by atoms with Crippen LogP contribution < -0.4 is 0 Å². The zero-order valence-corrected chi connectivity index (χ0v) is 16.4. The molecule has 0 N–H and O–H groups in total. The first-order valence-corrected chi connectivity index (χ1v) is 10.3. The Kier molecular flexibility index (Phi) is 5.55. The van der Waals surface area contributed by atoms with Gasteiger partial charge in [0.15, 0.2) is 0 Å². The van der Waals surface area contributed by atoms with Crippen molar-refractivity contribution < 1.29 is 17.2 Å². The summed E-state index contributed by atoms with van der Waals surface area (Å²) in [5, 5.41) is 0. The molecule has 0 amide bonds. The van der Waals surface area contributed by atoms with Crippen molar-refractivity contribution in [3.63, 3.8) is 0 Å². The van der Waals surface area contributed by atoms with Gasteiger partial charge in [0.2, 0.25) is 10.0 Å². The van der Waals surface area contributed by atoms with Gasteiger partial charge in [-0.05, 0) is 66.0 Å². The van der Waals surface area contributed by atoms with Crippen molar-refractivity contribution in [3.05, 3.63) is 63.4 Å². The van der Waals surface area contributed by atoms with E-state index in [0.29, 0.717) is 12.8 Å². The molecule has 2 heterocycles. The first kappa shape index (κ1) is 19.1. The van der Waals surface area contributed by atoms with Crippen LogP contribution in [0, 0.1) is 18.6 Å². The van der Waals surface area contributed by atoms with Crippen LogP contribution in [0.5, 0.6) is 0 Å². The highest BCUT2D eigenvalue weighted by Gasteiger charge is 2.30. The van der Waals surface area contributed by atoms with Crippen LogP contribution in [0.1, 0.15) is 24.2 Å². The van der Waals surface area contributed by atoms with Crippen LogP contribution in [-0.2, 0) is 10.0 Å². The highest BCUT2D eigenvalue weighted by atomic mass is 79.9. The minimum absolute atomic E-state index is 0.108. The number of pyridine rings is 1. The molecule has 0 unspecified atom stereocenters. The lowest BCUT2D eigenvalue weighted by molar-refractivity contribution is 0.384. The van der Waals surface area contributed by atoms with E-state index in [9.17, 15) is 17.2 Å². The molecule has 8 heteroatoms. The number of benzene rings is 1. The lowest BCUT2D eigenvalue weighted by Gasteiger charge is -2.28. The first-order valence-electron chi connectivity index (χ1n) is 8.05. The molecule has 0 spiro atoms. The number of rotatable bonds is 3. The lowest BCUT2D eigenvalue weighted by atomic mass is 10.0. The van der Waals surface area contributed by atoms with Crippen molar-refractivity contribution >= 4 is 32.0 Å². The molecule has 1 fully saturated rings. The summed E-state index contributed by atoms with van der Waals surface area (Å²) in [5.41, 5.74) is 2.82. The van der Waals surface area contributed by atoms with Crippen LogP contribution in [0.25, 0.3) is 6.08 Å². The quantitative estimate of drug-likeness (QED) is 0.665. The second-order valence-corrected chi connectivity index (χ2v) is 8.87. The molecule has 2 aromatic rings. The normalized spacial score (nSPS) is 15.9. The smallest absolute Gasteiger partial charge is 0.246 e. The standard InChI is InChI=1S/C18H17BrF2N2O2S/c1-12-3-2-4-14(22-12)9-13-5-7-23(8-6-13)26(24,25)18-11-16(20)15(19)10-17(18)21/h2-4,9-11H,5-8H2,1H3. The Morgan fingerprint density at radius 3 is 2.50 bits per heavy atom. The average Bonchev–Trinajstić information content (AvgIpc) is 2.58. The number of hydrogen-bond acceptors (Lipinski definition) is 3. The molecule has 26 heavy (non-hydrogen) atoms. The van der Waals surface area contributed by atoms with E-state index in [0.717, 1.165) is 29.1 Å². The van der Waals surface area contributed by atoms with Gasteiger partial charge in [0, 0.05) is 18.8 Å². The molecule has 0 bridgehead atoms. The third kappa shape index (κ3) is 4.02. The average molecular weight is 443 g/mol. The summed E-state index contributed by atoms with van der Waals surface area (Å²) < 4.78 is 54.1. The molecule has 0 aliphatic carbocycles. The van der Waals surface area contributed by atoms with Crippen molar-refractivity contribution in [2.75, 3.05) is 13.1 Å². The molecule has 1 aromatic carbocycles. The van der Waals surface area contributed by atoms with E-state index >= 15 is 0 Å². The Balaban J connectivity index is 1.78. The molecule has 1 aliphatic heterocycles. The van der Waals surface area contributed by atoms with E-state index in [4.69, 9.17) is 0 Å². The third-order valence-electron chi connectivity index (χ3n) is 4.22. The summed E-state index contributed by atoms with van der Waals surface area (Å²) in [5.74, 6) is -1.78. The van der Waals surface area contributed by atoms with Gasteiger partial charge in [-0.15, -0.1) is 0 Å². The van der Waals surface area contributed by atoms with Gasteiger partial charge in [-0.25, -0.2) is 17.2 Å². The maximum atomic E-state index is 14.1. The number of sulfonamides is 1. The second-order valence-electron chi connectivity index (χ2n) is 6.11.